The SMILES string of the molecule is CN1CC[C@H](NC2CCSCC2)[C@@H]1c1ccc(F)c(F)c1. The van der Waals surface area contributed by atoms with E-state index in [-0.39, 0.29) is 6.04 Å². The Kier molecular flexibility index (Phi) is 4.82. The van der Waals surface area contributed by atoms with Crippen LogP contribution in [0.3, 0.4) is 0 Å². The number of nitrogens with zero attached hydrogens (tertiary/aromatic N) is 1. The van der Waals surface area contributed by atoms with Crippen molar-refractivity contribution in [3.05, 3.63) is 35.4 Å². The summed E-state index contributed by atoms with van der Waals surface area (Å²) in [4.78, 5) is 2.24. The van der Waals surface area contributed by atoms with Crippen LogP contribution in [0.5, 0.6) is 0 Å². The molecule has 21 heavy (non-hydrogen) atoms. The fourth-order valence-electron chi connectivity index (χ4n) is 3.47. The molecule has 0 unspecified atom stereocenters. The molecule has 116 valence electrons. The summed E-state index contributed by atoms with van der Waals surface area (Å²) in [5.74, 6) is 0.917. The Balaban J connectivity index is 1.75. The molecule has 0 radical (unpaired) electrons. The zero-order chi connectivity index (χ0) is 14.8. The van der Waals surface area contributed by atoms with Crippen LogP contribution in [0.1, 0.15) is 30.9 Å². The molecule has 2 saturated heterocycles. The third kappa shape index (κ3) is 3.41. The smallest absolute Gasteiger partial charge is 0.159 e. The average Bonchev–Trinajstić information content (AvgIpc) is 2.84. The molecule has 0 aromatic heterocycles. The summed E-state index contributed by atoms with van der Waals surface area (Å²) in [7, 11) is 2.06. The zero-order valence-corrected chi connectivity index (χ0v) is 13.1. The van der Waals surface area contributed by atoms with Crippen molar-refractivity contribution in [2.75, 3.05) is 25.1 Å². The van der Waals surface area contributed by atoms with Gasteiger partial charge in [-0.05, 0) is 55.5 Å². The van der Waals surface area contributed by atoms with Gasteiger partial charge in [0, 0.05) is 24.7 Å². The molecule has 2 aliphatic rings. The minimum Gasteiger partial charge on any atom is -0.309 e. The molecule has 2 nitrogen and oxygen atoms in total. The van der Waals surface area contributed by atoms with Crippen LogP contribution in [0.25, 0.3) is 0 Å². The fourth-order valence-corrected chi connectivity index (χ4v) is 4.58. The number of benzene rings is 1. The Hall–Kier alpha value is -0.650. The van der Waals surface area contributed by atoms with Crippen molar-refractivity contribution in [1.82, 2.24) is 10.2 Å². The highest BCUT2D eigenvalue weighted by molar-refractivity contribution is 7.99. The van der Waals surface area contributed by atoms with E-state index < -0.39 is 11.6 Å². The number of likely N-dealkylation sites (tertiary alicyclic amines) is 1. The maximum Gasteiger partial charge on any atom is 0.159 e. The lowest BCUT2D eigenvalue weighted by molar-refractivity contribution is 0.271. The van der Waals surface area contributed by atoms with Gasteiger partial charge in [0.15, 0.2) is 11.6 Å². The zero-order valence-electron chi connectivity index (χ0n) is 12.3. The molecule has 0 amide bonds. The first-order valence-electron chi connectivity index (χ1n) is 7.64. The summed E-state index contributed by atoms with van der Waals surface area (Å²) >= 11 is 2.02. The quantitative estimate of drug-likeness (QED) is 0.923. The van der Waals surface area contributed by atoms with Crippen LogP contribution < -0.4 is 5.32 Å². The van der Waals surface area contributed by atoms with E-state index in [0.29, 0.717) is 12.1 Å². The molecule has 0 bridgehead atoms. The second-order valence-electron chi connectivity index (χ2n) is 6.05. The minimum absolute atomic E-state index is 0.134. The predicted molar refractivity (Wildman–Crippen MR) is 83.6 cm³/mol. The molecular weight excluding hydrogens is 290 g/mol. The molecule has 5 heteroatoms. The Labute approximate surface area is 129 Å². The summed E-state index contributed by atoms with van der Waals surface area (Å²) < 4.78 is 26.7. The highest BCUT2D eigenvalue weighted by Gasteiger charge is 2.34. The number of hydrogen-bond acceptors (Lipinski definition) is 3. The van der Waals surface area contributed by atoms with E-state index in [0.717, 1.165) is 18.5 Å². The molecule has 0 aliphatic carbocycles. The maximum atomic E-state index is 13.5. The molecule has 2 fully saturated rings. The summed E-state index contributed by atoms with van der Waals surface area (Å²) in [5, 5.41) is 3.76. The van der Waals surface area contributed by atoms with Crippen molar-refractivity contribution in [2.24, 2.45) is 0 Å². The van der Waals surface area contributed by atoms with Crippen LogP contribution in [0.15, 0.2) is 18.2 Å². The van der Waals surface area contributed by atoms with Crippen LogP contribution in [0.4, 0.5) is 8.78 Å². The van der Waals surface area contributed by atoms with Crippen molar-refractivity contribution in [2.45, 2.75) is 37.4 Å². The van der Waals surface area contributed by atoms with E-state index in [1.165, 1.54) is 36.5 Å². The average molecular weight is 312 g/mol. The molecule has 1 aromatic carbocycles. The number of thioether (sulfide) groups is 1. The van der Waals surface area contributed by atoms with Gasteiger partial charge in [-0.3, -0.25) is 4.90 Å². The Bertz CT molecular complexity index is 491. The normalized spacial score (nSPS) is 28.1. The van der Waals surface area contributed by atoms with Crippen molar-refractivity contribution >= 4 is 11.8 Å². The first-order valence-corrected chi connectivity index (χ1v) is 8.79. The van der Waals surface area contributed by atoms with Gasteiger partial charge in [-0.2, -0.15) is 11.8 Å². The third-order valence-electron chi connectivity index (χ3n) is 4.61. The monoisotopic (exact) mass is 312 g/mol. The van der Waals surface area contributed by atoms with Crippen molar-refractivity contribution in [3.8, 4) is 0 Å². The molecule has 2 atom stereocenters. The van der Waals surface area contributed by atoms with Gasteiger partial charge in [-0.25, -0.2) is 8.78 Å². The number of likely N-dealkylation sites (N-methyl/N-ethyl adjacent to an activating group) is 1. The summed E-state index contributed by atoms with van der Waals surface area (Å²) in [5.41, 5.74) is 0.872. The van der Waals surface area contributed by atoms with E-state index in [9.17, 15) is 8.78 Å². The van der Waals surface area contributed by atoms with Gasteiger partial charge in [-0.1, -0.05) is 6.07 Å². The fraction of sp³-hybridized carbons (Fsp3) is 0.625. The third-order valence-corrected chi connectivity index (χ3v) is 5.65. The first-order chi connectivity index (χ1) is 10.1. The summed E-state index contributed by atoms with van der Waals surface area (Å²) in [6.45, 7) is 0.989. The predicted octanol–water partition coefficient (Wildman–Crippen LogP) is 3.20. The lowest BCUT2D eigenvalue weighted by atomic mass is 9.98. The van der Waals surface area contributed by atoms with Gasteiger partial charge in [-0.15, -0.1) is 0 Å². The van der Waals surface area contributed by atoms with Crippen LogP contribution in [0.2, 0.25) is 0 Å². The molecule has 0 saturated carbocycles. The summed E-state index contributed by atoms with van der Waals surface area (Å²) in [6.07, 6.45) is 3.47. The van der Waals surface area contributed by atoms with E-state index in [1.807, 2.05) is 11.8 Å². The lowest BCUT2D eigenvalue weighted by Gasteiger charge is -2.31. The molecule has 2 aliphatic heterocycles. The highest BCUT2D eigenvalue weighted by atomic mass is 32.2. The Morgan fingerprint density at radius 3 is 2.62 bits per heavy atom. The maximum absolute atomic E-state index is 13.5. The van der Waals surface area contributed by atoms with Crippen LogP contribution in [-0.2, 0) is 0 Å². The van der Waals surface area contributed by atoms with Crippen molar-refractivity contribution in [3.63, 3.8) is 0 Å². The van der Waals surface area contributed by atoms with Gasteiger partial charge in [0.05, 0.1) is 0 Å². The van der Waals surface area contributed by atoms with Gasteiger partial charge in [0.1, 0.15) is 0 Å². The number of nitrogens with one attached hydrogen (secondary N) is 1. The molecule has 1 aromatic rings. The molecular formula is C16H22F2N2S. The first kappa shape index (κ1) is 15.3. The number of rotatable bonds is 3. The second-order valence-corrected chi connectivity index (χ2v) is 7.27. The topological polar surface area (TPSA) is 15.3 Å². The van der Waals surface area contributed by atoms with E-state index in [1.54, 1.807) is 6.07 Å². The van der Waals surface area contributed by atoms with Crippen molar-refractivity contribution < 1.29 is 8.78 Å². The van der Waals surface area contributed by atoms with Crippen LogP contribution in [-0.4, -0.2) is 42.1 Å². The van der Waals surface area contributed by atoms with E-state index in [4.69, 9.17) is 0 Å². The highest BCUT2D eigenvalue weighted by Crippen LogP contribution is 2.33. The lowest BCUT2D eigenvalue weighted by Crippen LogP contribution is -2.43. The van der Waals surface area contributed by atoms with Crippen molar-refractivity contribution in [1.29, 1.82) is 0 Å². The minimum atomic E-state index is -0.770. The molecule has 2 heterocycles. The summed E-state index contributed by atoms with van der Waals surface area (Å²) in [6, 6.07) is 5.34. The number of hydrogen-bond donors (Lipinski definition) is 1. The molecule has 3 rings (SSSR count). The standard InChI is InChI=1S/C16H22F2N2S/c1-20-7-4-15(19-12-5-8-21-9-6-12)16(20)11-2-3-13(17)14(18)10-11/h2-3,10,12,15-16,19H,4-9H2,1H3/t15-,16-/m0/s1. The van der Waals surface area contributed by atoms with E-state index in [2.05, 4.69) is 17.3 Å². The van der Waals surface area contributed by atoms with Gasteiger partial charge in [0.25, 0.3) is 0 Å². The van der Waals surface area contributed by atoms with Crippen LogP contribution in [0, 0.1) is 11.6 Å². The Morgan fingerprint density at radius 2 is 1.90 bits per heavy atom. The Morgan fingerprint density at radius 1 is 1.14 bits per heavy atom. The van der Waals surface area contributed by atoms with Gasteiger partial charge in [0.2, 0.25) is 0 Å². The van der Waals surface area contributed by atoms with Gasteiger partial charge < -0.3 is 5.32 Å². The molecule has 1 N–H and O–H groups in total. The largest absolute Gasteiger partial charge is 0.309 e. The van der Waals surface area contributed by atoms with Crippen LogP contribution >= 0.6 is 11.8 Å². The van der Waals surface area contributed by atoms with E-state index >= 15 is 0 Å². The number of halogens is 2. The molecule has 0 spiro atoms. The van der Waals surface area contributed by atoms with Gasteiger partial charge >= 0.3 is 0 Å². The second kappa shape index (κ2) is 6.63.